The molecule has 0 aliphatic carbocycles. The number of rotatable bonds is 4. The summed E-state index contributed by atoms with van der Waals surface area (Å²) in [6.07, 6.45) is 6.57. The molecule has 4 heterocycles. The predicted octanol–water partition coefficient (Wildman–Crippen LogP) is 3.24. The van der Waals surface area contributed by atoms with Crippen LogP contribution in [-0.4, -0.2) is 53.1 Å². The fourth-order valence-corrected chi connectivity index (χ4v) is 5.88. The lowest BCUT2D eigenvalue weighted by molar-refractivity contribution is -0.148. The zero-order valence-electron chi connectivity index (χ0n) is 17.8. The molecule has 2 aromatic rings. The van der Waals surface area contributed by atoms with Crippen molar-refractivity contribution < 1.29 is 9.53 Å². The lowest BCUT2D eigenvalue weighted by Gasteiger charge is -2.57. The molecule has 1 aromatic carbocycles. The molecule has 30 heavy (non-hydrogen) atoms. The summed E-state index contributed by atoms with van der Waals surface area (Å²) < 4.78 is 5.44. The summed E-state index contributed by atoms with van der Waals surface area (Å²) in [6.45, 7) is 3.94. The second-order valence-electron chi connectivity index (χ2n) is 9.06. The summed E-state index contributed by atoms with van der Waals surface area (Å²) in [5, 5.41) is 0. The molecule has 1 amide bonds. The summed E-state index contributed by atoms with van der Waals surface area (Å²) in [4.78, 5) is 26.6. The van der Waals surface area contributed by atoms with Gasteiger partial charge in [0, 0.05) is 43.4 Å². The number of carbonyl (C=O) groups excluding carboxylic acids is 1. The molecule has 0 saturated carbocycles. The molecule has 1 aromatic heterocycles. The number of hydrogen-bond donors (Lipinski definition) is 0. The standard InChI is InChI=1S/C24H30N4O2/c1-16-9-23(26-15-25-16)27-13-18-12-19(14-27)22(28-21(18)7-4-8-24(28)29)11-17-5-3-6-20(10-17)30-2/h3,5-6,9-10,15,18-19,21-22H,4,7-8,11-14H2,1-2H3/t18-,19+,21+,22+/m1/s1. The van der Waals surface area contributed by atoms with Gasteiger partial charge in [0.25, 0.3) is 0 Å². The van der Waals surface area contributed by atoms with E-state index in [4.69, 9.17) is 4.74 Å². The van der Waals surface area contributed by atoms with Gasteiger partial charge in [-0.25, -0.2) is 9.97 Å². The Kier molecular flexibility index (Phi) is 5.09. The molecule has 3 aliphatic rings. The topological polar surface area (TPSA) is 58.6 Å². The van der Waals surface area contributed by atoms with Crippen LogP contribution in [0.1, 0.15) is 36.9 Å². The molecule has 0 radical (unpaired) electrons. The van der Waals surface area contributed by atoms with Crippen LogP contribution in [0, 0.1) is 18.8 Å². The molecule has 3 aliphatic heterocycles. The first kappa shape index (κ1) is 19.3. The SMILES string of the molecule is COc1cccc(C[C@H]2[C@H]3C[C@H](CN(c4cc(C)ncn4)C3)[C@@H]3CCCC(=O)N32)c1. The Hall–Kier alpha value is -2.63. The Morgan fingerprint density at radius 1 is 1.17 bits per heavy atom. The molecular formula is C24H30N4O2. The maximum atomic E-state index is 13.0. The number of carbonyl (C=O) groups is 1. The van der Waals surface area contributed by atoms with Crippen LogP contribution in [-0.2, 0) is 11.2 Å². The van der Waals surface area contributed by atoms with E-state index in [0.717, 1.165) is 49.6 Å². The molecule has 6 heteroatoms. The highest BCUT2D eigenvalue weighted by Gasteiger charge is 2.49. The summed E-state index contributed by atoms with van der Waals surface area (Å²) in [7, 11) is 1.71. The number of amides is 1. The summed E-state index contributed by atoms with van der Waals surface area (Å²) in [6, 6.07) is 11.0. The van der Waals surface area contributed by atoms with Crippen LogP contribution in [0.4, 0.5) is 5.82 Å². The number of aromatic nitrogens is 2. The maximum Gasteiger partial charge on any atom is 0.223 e. The van der Waals surface area contributed by atoms with Crippen molar-refractivity contribution in [3.05, 3.63) is 47.9 Å². The third kappa shape index (κ3) is 3.53. The number of methoxy groups -OCH3 is 1. The van der Waals surface area contributed by atoms with Gasteiger partial charge in [-0.3, -0.25) is 4.79 Å². The zero-order valence-corrected chi connectivity index (χ0v) is 17.8. The van der Waals surface area contributed by atoms with Crippen molar-refractivity contribution >= 4 is 11.7 Å². The van der Waals surface area contributed by atoms with Gasteiger partial charge in [-0.15, -0.1) is 0 Å². The number of aryl methyl sites for hydroxylation is 1. The van der Waals surface area contributed by atoms with E-state index < -0.39 is 0 Å². The first-order valence-electron chi connectivity index (χ1n) is 11.1. The summed E-state index contributed by atoms with van der Waals surface area (Å²) in [5.41, 5.74) is 2.24. The van der Waals surface area contributed by atoms with E-state index in [1.807, 2.05) is 19.1 Å². The van der Waals surface area contributed by atoms with Crippen molar-refractivity contribution in [2.75, 3.05) is 25.1 Å². The normalized spacial score (nSPS) is 28.3. The van der Waals surface area contributed by atoms with E-state index >= 15 is 0 Å². The van der Waals surface area contributed by atoms with E-state index in [1.54, 1.807) is 13.4 Å². The highest BCUT2D eigenvalue weighted by atomic mass is 16.5. The van der Waals surface area contributed by atoms with E-state index in [1.165, 1.54) is 12.0 Å². The van der Waals surface area contributed by atoms with Crippen LogP contribution in [0.25, 0.3) is 0 Å². The van der Waals surface area contributed by atoms with Crippen molar-refractivity contribution in [2.45, 2.75) is 51.1 Å². The Bertz CT molecular complexity index is 933. The van der Waals surface area contributed by atoms with Gasteiger partial charge < -0.3 is 14.5 Å². The van der Waals surface area contributed by atoms with Crippen LogP contribution < -0.4 is 9.64 Å². The number of anilines is 1. The van der Waals surface area contributed by atoms with Crippen LogP contribution >= 0.6 is 0 Å². The molecule has 5 rings (SSSR count). The first-order valence-corrected chi connectivity index (χ1v) is 11.1. The fraction of sp³-hybridized carbons (Fsp3) is 0.542. The van der Waals surface area contributed by atoms with E-state index in [-0.39, 0.29) is 6.04 Å². The monoisotopic (exact) mass is 406 g/mol. The van der Waals surface area contributed by atoms with Crippen molar-refractivity contribution in [2.24, 2.45) is 11.8 Å². The van der Waals surface area contributed by atoms with Crippen LogP contribution in [0.5, 0.6) is 5.75 Å². The van der Waals surface area contributed by atoms with E-state index in [9.17, 15) is 4.79 Å². The minimum atomic E-state index is 0.233. The molecule has 0 unspecified atom stereocenters. The molecule has 2 bridgehead atoms. The van der Waals surface area contributed by atoms with Gasteiger partial charge in [-0.2, -0.15) is 0 Å². The van der Waals surface area contributed by atoms with E-state index in [2.05, 4.69) is 38.0 Å². The summed E-state index contributed by atoms with van der Waals surface area (Å²) in [5.74, 6) is 3.21. The molecule has 3 fully saturated rings. The van der Waals surface area contributed by atoms with Gasteiger partial charge in [-0.1, -0.05) is 12.1 Å². The van der Waals surface area contributed by atoms with Gasteiger partial charge in [0.05, 0.1) is 7.11 Å². The molecule has 0 N–H and O–H groups in total. The van der Waals surface area contributed by atoms with Gasteiger partial charge in [0.1, 0.15) is 17.9 Å². The molecular weight excluding hydrogens is 376 g/mol. The second kappa shape index (κ2) is 7.89. The third-order valence-electron chi connectivity index (χ3n) is 7.19. The molecule has 158 valence electrons. The van der Waals surface area contributed by atoms with Gasteiger partial charge in [0.15, 0.2) is 0 Å². The zero-order chi connectivity index (χ0) is 20.7. The minimum Gasteiger partial charge on any atom is -0.497 e. The highest BCUT2D eigenvalue weighted by molar-refractivity contribution is 5.78. The van der Waals surface area contributed by atoms with Crippen LogP contribution in [0.2, 0.25) is 0 Å². The van der Waals surface area contributed by atoms with Gasteiger partial charge >= 0.3 is 0 Å². The molecule has 4 atom stereocenters. The molecule has 6 nitrogen and oxygen atoms in total. The Labute approximate surface area is 178 Å². The average Bonchev–Trinajstić information content (AvgIpc) is 2.77. The largest absolute Gasteiger partial charge is 0.497 e. The molecule has 3 saturated heterocycles. The van der Waals surface area contributed by atoms with Gasteiger partial charge in [0.2, 0.25) is 5.91 Å². The van der Waals surface area contributed by atoms with Crippen LogP contribution in [0.15, 0.2) is 36.7 Å². The predicted molar refractivity (Wildman–Crippen MR) is 116 cm³/mol. The maximum absolute atomic E-state index is 13.0. The molecule has 0 spiro atoms. The third-order valence-corrected chi connectivity index (χ3v) is 7.19. The van der Waals surface area contributed by atoms with Crippen molar-refractivity contribution in [3.8, 4) is 5.75 Å². The Balaban J connectivity index is 1.46. The number of fused-ring (bicyclic) bond motifs is 4. The van der Waals surface area contributed by atoms with E-state index in [0.29, 0.717) is 30.2 Å². The summed E-state index contributed by atoms with van der Waals surface area (Å²) >= 11 is 0. The first-order chi connectivity index (χ1) is 14.6. The minimum absolute atomic E-state index is 0.233. The lowest BCUT2D eigenvalue weighted by atomic mass is 9.70. The number of benzene rings is 1. The number of ether oxygens (including phenoxy) is 1. The number of hydrogen-bond acceptors (Lipinski definition) is 5. The smallest absolute Gasteiger partial charge is 0.223 e. The Morgan fingerprint density at radius 3 is 2.87 bits per heavy atom. The van der Waals surface area contributed by atoms with Crippen molar-refractivity contribution in [3.63, 3.8) is 0 Å². The average molecular weight is 407 g/mol. The lowest BCUT2D eigenvalue weighted by Crippen LogP contribution is -2.65. The van der Waals surface area contributed by atoms with Crippen LogP contribution in [0.3, 0.4) is 0 Å². The second-order valence-corrected chi connectivity index (χ2v) is 9.06. The van der Waals surface area contributed by atoms with Crippen molar-refractivity contribution in [1.29, 1.82) is 0 Å². The Morgan fingerprint density at radius 2 is 2.03 bits per heavy atom. The fourth-order valence-electron chi connectivity index (χ4n) is 5.88. The van der Waals surface area contributed by atoms with Gasteiger partial charge in [-0.05, 0) is 62.1 Å². The number of piperidine rings is 3. The highest BCUT2D eigenvalue weighted by Crippen LogP contribution is 2.43. The quantitative estimate of drug-likeness (QED) is 0.780. The van der Waals surface area contributed by atoms with Crippen molar-refractivity contribution in [1.82, 2.24) is 14.9 Å². The number of nitrogens with zero attached hydrogens (tertiary/aromatic N) is 4.